The smallest absolute Gasteiger partial charge is 0.271 e. The van der Waals surface area contributed by atoms with Crippen molar-refractivity contribution in [1.82, 2.24) is 9.97 Å². The summed E-state index contributed by atoms with van der Waals surface area (Å²) < 4.78 is 0. The van der Waals surface area contributed by atoms with Gasteiger partial charge in [-0.25, -0.2) is 4.98 Å². The highest BCUT2D eigenvalue weighted by Gasteiger charge is 2.05. The number of hydrogen-bond acceptors (Lipinski definition) is 3. The summed E-state index contributed by atoms with van der Waals surface area (Å²) in [7, 11) is 0. The first kappa shape index (κ1) is 12.6. The van der Waals surface area contributed by atoms with Crippen molar-refractivity contribution < 1.29 is 0 Å². The Kier molecular flexibility index (Phi) is 3.99. The highest BCUT2D eigenvalue weighted by atomic mass is 35.5. The summed E-state index contributed by atoms with van der Waals surface area (Å²) in [5.41, 5.74) is 1.79. The van der Waals surface area contributed by atoms with E-state index in [2.05, 4.69) is 22.2 Å². The molecule has 18 heavy (non-hydrogen) atoms. The molecule has 1 aromatic heterocycles. The highest BCUT2D eigenvalue weighted by molar-refractivity contribution is 6.32. The summed E-state index contributed by atoms with van der Waals surface area (Å²) in [5, 5.41) is 3.08. The van der Waals surface area contributed by atoms with Gasteiger partial charge in [0.05, 0.1) is 6.33 Å². The lowest BCUT2D eigenvalue weighted by atomic mass is 10.1. The quantitative estimate of drug-likeness (QED) is 0.891. The summed E-state index contributed by atoms with van der Waals surface area (Å²) in [6, 6.07) is 7.99. The number of aryl methyl sites for hydroxylation is 1. The number of nitrogens with zero attached hydrogens (tertiary/aromatic N) is 1. The first-order valence-corrected chi connectivity index (χ1v) is 6.17. The van der Waals surface area contributed by atoms with Crippen LogP contribution in [0.1, 0.15) is 18.9 Å². The van der Waals surface area contributed by atoms with E-state index in [4.69, 9.17) is 11.6 Å². The molecule has 2 aromatic rings. The molecule has 0 radical (unpaired) electrons. The van der Waals surface area contributed by atoms with Gasteiger partial charge in [0, 0.05) is 5.69 Å². The lowest BCUT2D eigenvalue weighted by Gasteiger charge is -2.07. The molecule has 2 rings (SSSR count). The van der Waals surface area contributed by atoms with Crippen molar-refractivity contribution in [2.24, 2.45) is 0 Å². The molecule has 1 aromatic carbocycles. The van der Waals surface area contributed by atoms with Gasteiger partial charge in [0.15, 0.2) is 5.82 Å². The van der Waals surface area contributed by atoms with Gasteiger partial charge in [-0.1, -0.05) is 37.1 Å². The van der Waals surface area contributed by atoms with E-state index in [9.17, 15) is 4.79 Å². The zero-order valence-corrected chi connectivity index (χ0v) is 10.8. The van der Waals surface area contributed by atoms with E-state index in [1.165, 1.54) is 11.9 Å². The third kappa shape index (κ3) is 2.90. The lowest BCUT2D eigenvalue weighted by molar-refractivity contribution is 0.922. The monoisotopic (exact) mass is 263 g/mol. The van der Waals surface area contributed by atoms with E-state index < -0.39 is 0 Å². The molecule has 0 bridgehead atoms. The van der Waals surface area contributed by atoms with Gasteiger partial charge in [-0.3, -0.25) is 4.79 Å². The Labute approximate surface area is 110 Å². The molecule has 4 nitrogen and oxygen atoms in total. The van der Waals surface area contributed by atoms with Gasteiger partial charge in [-0.05, 0) is 24.1 Å². The molecular formula is C13H14ClN3O. The van der Waals surface area contributed by atoms with Crippen LogP contribution < -0.4 is 10.9 Å². The average molecular weight is 264 g/mol. The van der Waals surface area contributed by atoms with Crippen molar-refractivity contribution in [2.45, 2.75) is 19.8 Å². The highest BCUT2D eigenvalue weighted by Crippen LogP contribution is 2.19. The summed E-state index contributed by atoms with van der Waals surface area (Å²) in [4.78, 5) is 17.7. The molecule has 0 saturated carbocycles. The molecule has 1 heterocycles. The second-order valence-corrected chi connectivity index (χ2v) is 4.34. The maximum atomic E-state index is 11.3. The molecule has 2 N–H and O–H groups in total. The van der Waals surface area contributed by atoms with E-state index in [-0.39, 0.29) is 10.6 Å². The summed E-state index contributed by atoms with van der Waals surface area (Å²) in [5.74, 6) is 0.364. The first-order chi connectivity index (χ1) is 8.70. The maximum absolute atomic E-state index is 11.3. The molecule has 0 saturated heterocycles. The van der Waals surface area contributed by atoms with Crippen LogP contribution in [0.5, 0.6) is 0 Å². The average Bonchev–Trinajstić information content (AvgIpc) is 2.38. The van der Waals surface area contributed by atoms with Crippen LogP contribution in [0.4, 0.5) is 11.5 Å². The van der Waals surface area contributed by atoms with Crippen molar-refractivity contribution in [3.63, 3.8) is 0 Å². The first-order valence-electron chi connectivity index (χ1n) is 5.80. The minimum atomic E-state index is -0.350. The number of H-pyrrole nitrogens is 1. The largest absolute Gasteiger partial charge is 0.339 e. The lowest BCUT2D eigenvalue weighted by Crippen LogP contribution is -2.09. The van der Waals surface area contributed by atoms with Crippen LogP contribution in [-0.4, -0.2) is 9.97 Å². The minimum Gasteiger partial charge on any atom is -0.339 e. The number of halogens is 1. The number of benzene rings is 1. The van der Waals surface area contributed by atoms with E-state index in [1.807, 2.05) is 24.3 Å². The van der Waals surface area contributed by atoms with Crippen molar-refractivity contribution in [1.29, 1.82) is 0 Å². The molecule has 0 atom stereocenters. The van der Waals surface area contributed by atoms with Gasteiger partial charge < -0.3 is 10.3 Å². The zero-order chi connectivity index (χ0) is 13.0. The molecular weight excluding hydrogens is 250 g/mol. The summed E-state index contributed by atoms with van der Waals surface area (Å²) in [6.45, 7) is 2.14. The van der Waals surface area contributed by atoms with Crippen molar-refractivity contribution >= 4 is 23.1 Å². The molecule has 0 amide bonds. The predicted molar refractivity (Wildman–Crippen MR) is 73.6 cm³/mol. The Morgan fingerprint density at radius 1 is 1.33 bits per heavy atom. The van der Waals surface area contributed by atoms with Crippen molar-refractivity contribution in [2.75, 3.05) is 5.32 Å². The van der Waals surface area contributed by atoms with Crippen molar-refractivity contribution in [3.05, 3.63) is 51.5 Å². The standard InChI is InChI=1S/C13H14ClN3O/c1-2-3-9-4-6-10(7-5-9)17-12-11(14)13(18)16-8-15-12/h4-8H,2-3H2,1H3,(H2,15,16,17,18). The Balaban J connectivity index is 2.18. The van der Waals surface area contributed by atoms with Crippen LogP contribution in [0, 0.1) is 0 Å². The molecule has 0 aliphatic heterocycles. The predicted octanol–water partition coefficient (Wildman–Crippen LogP) is 3.12. The third-order valence-electron chi connectivity index (χ3n) is 2.55. The molecule has 0 aliphatic rings. The Hall–Kier alpha value is -1.81. The number of hydrogen-bond donors (Lipinski definition) is 2. The van der Waals surface area contributed by atoms with Gasteiger partial charge >= 0.3 is 0 Å². The van der Waals surface area contributed by atoms with Gasteiger partial charge in [-0.15, -0.1) is 0 Å². The topological polar surface area (TPSA) is 57.8 Å². The third-order valence-corrected chi connectivity index (χ3v) is 2.90. The van der Waals surface area contributed by atoms with Crippen LogP contribution in [0.3, 0.4) is 0 Å². The molecule has 0 fully saturated rings. The number of aromatic amines is 1. The zero-order valence-electron chi connectivity index (χ0n) is 10.0. The van der Waals surface area contributed by atoms with Gasteiger partial charge in [0.1, 0.15) is 5.02 Å². The SMILES string of the molecule is CCCc1ccc(Nc2nc[nH]c(=O)c2Cl)cc1. The fourth-order valence-electron chi connectivity index (χ4n) is 1.65. The van der Waals surface area contributed by atoms with Gasteiger partial charge in [-0.2, -0.15) is 0 Å². The van der Waals surface area contributed by atoms with Crippen molar-refractivity contribution in [3.8, 4) is 0 Å². The second kappa shape index (κ2) is 5.69. The van der Waals surface area contributed by atoms with Crippen LogP contribution >= 0.6 is 11.6 Å². The van der Waals surface area contributed by atoms with Crippen LogP contribution in [0.15, 0.2) is 35.4 Å². The number of rotatable bonds is 4. The van der Waals surface area contributed by atoms with Crippen LogP contribution in [0.25, 0.3) is 0 Å². The van der Waals surface area contributed by atoms with E-state index in [0.29, 0.717) is 5.82 Å². The molecule has 5 heteroatoms. The fourth-order valence-corrected chi connectivity index (χ4v) is 1.80. The Morgan fingerprint density at radius 2 is 2.06 bits per heavy atom. The second-order valence-electron chi connectivity index (χ2n) is 3.97. The number of nitrogens with one attached hydrogen (secondary N) is 2. The fraction of sp³-hybridized carbons (Fsp3) is 0.231. The molecule has 0 aliphatic carbocycles. The van der Waals surface area contributed by atoms with E-state index >= 15 is 0 Å². The summed E-state index contributed by atoms with van der Waals surface area (Å²) >= 11 is 5.86. The maximum Gasteiger partial charge on any atom is 0.271 e. The Morgan fingerprint density at radius 3 is 2.72 bits per heavy atom. The number of aromatic nitrogens is 2. The molecule has 94 valence electrons. The van der Waals surface area contributed by atoms with Gasteiger partial charge in [0.2, 0.25) is 0 Å². The minimum absolute atomic E-state index is 0.0649. The Bertz CT molecular complexity index is 578. The summed E-state index contributed by atoms with van der Waals surface area (Å²) in [6.07, 6.45) is 3.50. The van der Waals surface area contributed by atoms with Crippen LogP contribution in [0.2, 0.25) is 5.02 Å². The normalized spacial score (nSPS) is 10.3. The molecule has 0 unspecified atom stereocenters. The van der Waals surface area contributed by atoms with Gasteiger partial charge in [0.25, 0.3) is 5.56 Å². The van der Waals surface area contributed by atoms with Crippen LogP contribution in [-0.2, 0) is 6.42 Å². The molecule has 0 spiro atoms. The number of anilines is 2. The van der Waals surface area contributed by atoms with E-state index in [1.54, 1.807) is 0 Å². The van der Waals surface area contributed by atoms with E-state index in [0.717, 1.165) is 18.5 Å².